The Kier molecular flexibility index (Phi) is 4.74. The largest absolute Gasteiger partial charge is 0.302 e. The Balaban J connectivity index is 1.29. The monoisotopic (exact) mass is 412 g/mol. The topological polar surface area (TPSA) is 85.6 Å². The van der Waals surface area contributed by atoms with Crippen LogP contribution in [-0.2, 0) is 11.2 Å². The molecule has 0 atom stereocenters. The first-order valence-electron chi connectivity index (χ1n) is 9.32. The lowest BCUT2D eigenvalue weighted by molar-refractivity contribution is -0.115. The van der Waals surface area contributed by atoms with Crippen molar-refractivity contribution in [1.29, 1.82) is 0 Å². The van der Waals surface area contributed by atoms with Gasteiger partial charge in [-0.3, -0.25) is 4.79 Å². The number of carbonyl (C=O) groups is 1. The van der Waals surface area contributed by atoms with Crippen LogP contribution >= 0.6 is 11.3 Å². The molecule has 146 valence electrons. The Bertz CT molecular complexity index is 1310. The molecule has 5 aromatic rings. The fourth-order valence-electron chi connectivity index (χ4n) is 3.30. The smallest absolute Gasteiger partial charge is 0.230 e. The molecule has 0 aliphatic carbocycles. The van der Waals surface area contributed by atoms with Crippen molar-refractivity contribution in [2.24, 2.45) is 0 Å². The summed E-state index contributed by atoms with van der Waals surface area (Å²) in [5, 5.41) is 18.9. The molecular formula is C22H16N6OS. The minimum atomic E-state index is -0.107. The number of nitrogens with one attached hydrogen (secondary N) is 1. The van der Waals surface area contributed by atoms with E-state index in [-0.39, 0.29) is 12.3 Å². The maximum atomic E-state index is 12.5. The van der Waals surface area contributed by atoms with Gasteiger partial charge in [0.2, 0.25) is 5.91 Å². The average molecular weight is 412 g/mol. The number of nitrogens with zero attached hydrogens (tertiary/aromatic N) is 5. The molecule has 30 heavy (non-hydrogen) atoms. The van der Waals surface area contributed by atoms with E-state index in [9.17, 15) is 4.79 Å². The van der Waals surface area contributed by atoms with Crippen molar-refractivity contribution < 1.29 is 4.79 Å². The normalized spacial score (nSPS) is 10.9. The van der Waals surface area contributed by atoms with Crippen molar-refractivity contribution in [2.75, 3.05) is 5.32 Å². The van der Waals surface area contributed by atoms with E-state index in [0.717, 1.165) is 27.9 Å². The molecule has 2 heterocycles. The second-order valence-electron chi connectivity index (χ2n) is 6.71. The Morgan fingerprint density at radius 3 is 2.67 bits per heavy atom. The van der Waals surface area contributed by atoms with Crippen LogP contribution in [0.25, 0.3) is 27.7 Å². The quantitative estimate of drug-likeness (QED) is 0.469. The Labute approximate surface area is 176 Å². The number of benzene rings is 3. The molecular weight excluding hydrogens is 396 g/mol. The Morgan fingerprint density at radius 1 is 1.00 bits per heavy atom. The number of hydrogen-bond donors (Lipinski definition) is 1. The molecule has 5 rings (SSSR count). The van der Waals surface area contributed by atoms with Gasteiger partial charge in [0.05, 0.1) is 17.8 Å². The van der Waals surface area contributed by atoms with Gasteiger partial charge in [-0.1, -0.05) is 54.6 Å². The van der Waals surface area contributed by atoms with Crippen LogP contribution < -0.4 is 5.32 Å². The van der Waals surface area contributed by atoms with Crippen molar-refractivity contribution in [2.45, 2.75) is 6.42 Å². The van der Waals surface area contributed by atoms with E-state index in [4.69, 9.17) is 0 Å². The number of hydrogen-bond acceptors (Lipinski definition) is 6. The van der Waals surface area contributed by atoms with Crippen LogP contribution in [0.4, 0.5) is 5.13 Å². The summed E-state index contributed by atoms with van der Waals surface area (Å²) in [4.78, 5) is 17.1. The molecule has 1 N–H and O–H groups in total. The van der Waals surface area contributed by atoms with Gasteiger partial charge < -0.3 is 5.32 Å². The summed E-state index contributed by atoms with van der Waals surface area (Å²) >= 11 is 1.42. The molecule has 0 saturated carbocycles. The summed E-state index contributed by atoms with van der Waals surface area (Å²) in [7, 11) is 0. The van der Waals surface area contributed by atoms with Gasteiger partial charge in [-0.05, 0) is 38.9 Å². The highest BCUT2D eigenvalue weighted by Crippen LogP contribution is 2.31. The van der Waals surface area contributed by atoms with Gasteiger partial charge >= 0.3 is 0 Å². The molecule has 0 bridgehead atoms. The molecule has 0 radical (unpaired) electrons. The van der Waals surface area contributed by atoms with Gasteiger partial charge in [0.15, 0.2) is 5.13 Å². The number of fused-ring (bicyclic) bond motifs is 1. The molecule has 7 nitrogen and oxygen atoms in total. The number of thiazole rings is 1. The number of anilines is 1. The zero-order valence-corrected chi connectivity index (χ0v) is 16.6. The van der Waals surface area contributed by atoms with Crippen molar-refractivity contribution in [1.82, 2.24) is 25.2 Å². The highest BCUT2D eigenvalue weighted by atomic mass is 32.1. The second-order valence-corrected chi connectivity index (χ2v) is 7.57. The molecule has 0 fully saturated rings. The summed E-state index contributed by atoms with van der Waals surface area (Å²) in [6.07, 6.45) is 1.79. The second kappa shape index (κ2) is 7.84. The molecule has 0 saturated heterocycles. The fourth-order valence-corrected chi connectivity index (χ4v) is 4.03. The van der Waals surface area contributed by atoms with Gasteiger partial charge in [-0.15, -0.1) is 16.4 Å². The number of carbonyl (C=O) groups excluding carboxylic acids is 1. The highest BCUT2D eigenvalue weighted by Gasteiger charge is 2.11. The standard InChI is InChI=1S/C22H16N6OS/c29-21(12-15-8-10-17(11-9-15)28-14-23-26-27-28)25-22-24-20(13-30-22)19-7-3-5-16-4-1-2-6-18(16)19/h1-11,13-14H,12H2,(H,24,25,29). The van der Waals surface area contributed by atoms with E-state index in [0.29, 0.717) is 5.13 Å². The molecule has 0 aliphatic heterocycles. The number of rotatable bonds is 5. The molecule has 0 unspecified atom stereocenters. The average Bonchev–Trinajstić information content (AvgIpc) is 3.46. The summed E-state index contributed by atoms with van der Waals surface area (Å²) in [5.74, 6) is -0.107. The predicted molar refractivity (Wildman–Crippen MR) is 117 cm³/mol. The van der Waals surface area contributed by atoms with Crippen molar-refractivity contribution in [3.63, 3.8) is 0 Å². The molecule has 1 amide bonds. The maximum Gasteiger partial charge on any atom is 0.230 e. The SMILES string of the molecule is O=C(Cc1ccc(-n2cnnn2)cc1)Nc1nc(-c2cccc3ccccc23)cs1. The van der Waals surface area contributed by atoms with Crippen LogP contribution in [0.2, 0.25) is 0 Å². The van der Waals surface area contributed by atoms with Gasteiger partial charge in [0.1, 0.15) is 6.33 Å². The van der Waals surface area contributed by atoms with Gasteiger partial charge in [0, 0.05) is 10.9 Å². The van der Waals surface area contributed by atoms with E-state index >= 15 is 0 Å². The van der Waals surface area contributed by atoms with Crippen LogP contribution in [0.15, 0.2) is 78.4 Å². The van der Waals surface area contributed by atoms with Crippen LogP contribution in [0.5, 0.6) is 0 Å². The van der Waals surface area contributed by atoms with E-state index in [1.54, 1.807) is 4.68 Å². The number of tetrazole rings is 1. The van der Waals surface area contributed by atoms with Crippen LogP contribution in [0.1, 0.15) is 5.56 Å². The maximum absolute atomic E-state index is 12.5. The fraction of sp³-hybridized carbons (Fsp3) is 0.0455. The number of aromatic nitrogens is 5. The predicted octanol–water partition coefficient (Wildman–Crippen LogP) is 4.12. The Morgan fingerprint density at radius 2 is 1.83 bits per heavy atom. The third-order valence-electron chi connectivity index (χ3n) is 4.73. The summed E-state index contributed by atoms with van der Waals surface area (Å²) < 4.78 is 1.56. The summed E-state index contributed by atoms with van der Waals surface area (Å²) in [6, 6.07) is 21.9. The van der Waals surface area contributed by atoms with E-state index in [2.05, 4.69) is 50.1 Å². The summed E-state index contributed by atoms with van der Waals surface area (Å²) in [6.45, 7) is 0. The first-order chi connectivity index (χ1) is 14.8. The minimum Gasteiger partial charge on any atom is -0.302 e. The first-order valence-corrected chi connectivity index (χ1v) is 10.2. The minimum absolute atomic E-state index is 0.107. The molecule has 0 aliphatic rings. The van der Waals surface area contributed by atoms with Gasteiger partial charge in [0.25, 0.3) is 0 Å². The van der Waals surface area contributed by atoms with Crippen LogP contribution in [0, 0.1) is 0 Å². The molecule has 3 aromatic carbocycles. The van der Waals surface area contributed by atoms with Crippen LogP contribution in [-0.4, -0.2) is 31.1 Å². The first kappa shape index (κ1) is 18.1. The van der Waals surface area contributed by atoms with Crippen LogP contribution in [0.3, 0.4) is 0 Å². The summed E-state index contributed by atoms with van der Waals surface area (Å²) in [5.41, 5.74) is 3.65. The lowest BCUT2D eigenvalue weighted by atomic mass is 10.0. The zero-order chi connectivity index (χ0) is 20.3. The zero-order valence-electron chi connectivity index (χ0n) is 15.8. The molecule has 0 spiro atoms. The van der Waals surface area contributed by atoms with E-state index < -0.39 is 0 Å². The lowest BCUT2D eigenvalue weighted by Crippen LogP contribution is -2.14. The van der Waals surface area contributed by atoms with E-state index in [1.165, 1.54) is 23.1 Å². The highest BCUT2D eigenvalue weighted by molar-refractivity contribution is 7.14. The van der Waals surface area contributed by atoms with Crippen molar-refractivity contribution >= 4 is 33.1 Å². The molecule has 2 aromatic heterocycles. The van der Waals surface area contributed by atoms with Gasteiger partial charge in [-0.2, -0.15) is 0 Å². The van der Waals surface area contributed by atoms with Gasteiger partial charge in [-0.25, -0.2) is 9.67 Å². The number of amides is 1. The third-order valence-corrected chi connectivity index (χ3v) is 5.49. The van der Waals surface area contributed by atoms with Crippen molar-refractivity contribution in [3.05, 3.63) is 84.0 Å². The Hall–Kier alpha value is -3.91. The lowest BCUT2D eigenvalue weighted by Gasteiger charge is -2.05. The third kappa shape index (κ3) is 3.68. The molecule has 8 heteroatoms. The van der Waals surface area contributed by atoms with Crippen molar-refractivity contribution in [3.8, 4) is 16.9 Å². The van der Waals surface area contributed by atoms with E-state index in [1.807, 2.05) is 47.8 Å².